The molecule has 1 aromatic heterocycles. The fraction of sp³-hybridized carbons (Fsp3) is 0.667. The van der Waals surface area contributed by atoms with Gasteiger partial charge in [-0.1, -0.05) is 20.3 Å². The predicted molar refractivity (Wildman–Crippen MR) is 80.1 cm³/mol. The molecule has 0 amide bonds. The van der Waals surface area contributed by atoms with Gasteiger partial charge >= 0.3 is 0 Å². The van der Waals surface area contributed by atoms with Crippen molar-refractivity contribution >= 4 is 11.5 Å². The summed E-state index contributed by atoms with van der Waals surface area (Å²) in [6.45, 7) is 7.22. The van der Waals surface area contributed by atoms with Gasteiger partial charge in [0.25, 0.3) is 5.69 Å². The molecular formula is C15H23N3O2. The molecule has 1 fully saturated rings. The van der Waals surface area contributed by atoms with Gasteiger partial charge in [0.15, 0.2) is 0 Å². The van der Waals surface area contributed by atoms with E-state index in [1.54, 1.807) is 19.1 Å². The fourth-order valence-electron chi connectivity index (χ4n) is 3.21. The first-order valence-corrected chi connectivity index (χ1v) is 7.43. The Morgan fingerprint density at radius 2 is 2.30 bits per heavy atom. The molecule has 1 saturated heterocycles. The molecule has 0 aromatic carbocycles. The lowest BCUT2D eigenvalue weighted by atomic mass is 9.95. The highest BCUT2D eigenvalue weighted by Gasteiger charge is 2.30. The molecule has 0 bridgehead atoms. The van der Waals surface area contributed by atoms with E-state index in [0.29, 0.717) is 17.7 Å². The Labute approximate surface area is 120 Å². The van der Waals surface area contributed by atoms with E-state index >= 15 is 0 Å². The molecule has 2 rings (SSSR count). The number of nitrogens with zero attached hydrogens (tertiary/aromatic N) is 3. The molecule has 0 saturated carbocycles. The van der Waals surface area contributed by atoms with Gasteiger partial charge < -0.3 is 4.90 Å². The minimum absolute atomic E-state index is 0.103. The number of anilines is 1. The number of hydrogen-bond donors (Lipinski definition) is 0. The summed E-state index contributed by atoms with van der Waals surface area (Å²) in [5.74, 6) is 1.53. The standard InChI is InChI=1S/C15H23N3O2/c1-4-6-11(2)13-7-5-10-17(13)15-9-8-14(18(19)20)12(3)16-15/h8-9,11,13H,4-7,10H2,1-3H3. The number of rotatable bonds is 5. The van der Waals surface area contributed by atoms with Crippen molar-refractivity contribution in [1.29, 1.82) is 0 Å². The summed E-state index contributed by atoms with van der Waals surface area (Å²) < 4.78 is 0. The first-order valence-electron chi connectivity index (χ1n) is 7.43. The molecular weight excluding hydrogens is 254 g/mol. The highest BCUT2D eigenvalue weighted by atomic mass is 16.6. The van der Waals surface area contributed by atoms with Crippen molar-refractivity contribution < 1.29 is 4.92 Å². The Hall–Kier alpha value is -1.65. The van der Waals surface area contributed by atoms with Crippen LogP contribution in [0, 0.1) is 23.0 Å². The Balaban J connectivity index is 2.22. The lowest BCUT2D eigenvalue weighted by Crippen LogP contribution is -2.35. The lowest BCUT2D eigenvalue weighted by molar-refractivity contribution is -0.385. The van der Waals surface area contributed by atoms with Crippen molar-refractivity contribution in [3.05, 3.63) is 27.9 Å². The summed E-state index contributed by atoms with van der Waals surface area (Å²) in [6.07, 6.45) is 4.78. The second-order valence-corrected chi connectivity index (χ2v) is 5.70. The molecule has 1 aliphatic heterocycles. The molecule has 2 heterocycles. The van der Waals surface area contributed by atoms with Gasteiger partial charge in [-0.05, 0) is 38.2 Å². The van der Waals surface area contributed by atoms with E-state index in [0.717, 1.165) is 12.4 Å². The summed E-state index contributed by atoms with van der Waals surface area (Å²) in [5, 5.41) is 10.9. The van der Waals surface area contributed by atoms with Crippen LogP contribution in [0.15, 0.2) is 12.1 Å². The molecule has 2 unspecified atom stereocenters. The van der Waals surface area contributed by atoms with Crippen molar-refractivity contribution in [2.75, 3.05) is 11.4 Å². The van der Waals surface area contributed by atoms with Gasteiger partial charge in [-0.15, -0.1) is 0 Å². The van der Waals surface area contributed by atoms with Crippen LogP contribution in [0.4, 0.5) is 11.5 Å². The molecule has 0 radical (unpaired) electrons. The second kappa shape index (κ2) is 6.20. The van der Waals surface area contributed by atoms with Crippen LogP contribution in [0.3, 0.4) is 0 Å². The van der Waals surface area contributed by atoms with Gasteiger partial charge in [0, 0.05) is 18.7 Å². The van der Waals surface area contributed by atoms with Crippen LogP contribution in [0.5, 0.6) is 0 Å². The van der Waals surface area contributed by atoms with E-state index in [1.807, 2.05) is 0 Å². The monoisotopic (exact) mass is 277 g/mol. The number of pyridine rings is 1. The van der Waals surface area contributed by atoms with E-state index < -0.39 is 0 Å². The summed E-state index contributed by atoms with van der Waals surface area (Å²) in [5.41, 5.74) is 0.604. The third-order valence-corrected chi connectivity index (χ3v) is 4.23. The summed E-state index contributed by atoms with van der Waals surface area (Å²) >= 11 is 0. The number of aromatic nitrogens is 1. The van der Waals surface area contributed by atoms with Crippen LogP contribution < -0.4 is 4.90 Å². The Morgan fingerprint density at radius 3 is 2.90 bits per heavy atom. The molecule has 110 valence electrons. The third kappa shape index (κ3) is 2.92. The highest BCUT2D eigenvalue weighted by Crippen LogP contribution is 2.31. The molecule has 1 aromatic rings. The average molecular weight is 277 g/mol. The minimum atomic E-state index is -0.368. The molecule has 0 aliphatic carbocycles. The topological polar surface area (TPSA) is 59.3 Å². The largest absolute Gasteiger partial charge is 0.353 e. The normalized spacial score (nSPS) is 20.1. The maximum absolute atomic E-state index is 10.9. The van der Waals surface area contributed by atoms with Gasteiger partial charge in [-0.25, -0.2) is 4.98 Å². The minimum Gasteiger partial charge on any atom is -0.353 e. The van der Waals surface area contributed by atoms with E-state index in [1.165, 1.54) is 25.7 Å². The van der Waals surface area contributed by atoms with E-state index in [-0.39, 0.29) is 10.6 Å². The Bertz CT molecular complexity index is 490. The zero-order valence-electron chi connectivity index (χ0n) is 12.5. The first-order chi connectivity index (χ1) is 9.54. The van der Waals surface area contributed by atoms with E-state index in [9.17, 15) is 10.1 Å². The maximum Gasteiger partial charge on any atom is 0.290 e. The van der Waals surface area contributed by atoms with Crippen molar-refractivity contribution in [3.63, 3.8) is 0 Å². The molecule has 0 spiro atoms. The van der Waals surface area contributed by atoms with Gasteiger partial charge in [0.05, 0.1) is 4.92 Å². The fourth-order valence-corrected chi connectivity index (χ4v) is 3.21. The Kier molecular flexibility index (Phi) is 4.57. The quantitative estimate of drug-likeness (QED) is 0.608. The summed E-state index contributed by atoms with van der Waals surface area (Å²) in [6, 6.07) is 3.89. The molecule has 20 heavy (non-hydrogen) atoms. The van der Waals surface area contributed by atoms with E-state index in [2.05, 4.69) is 23.7 Å². The van der Waals surface area contributed by atoms with Crippen LogP contribution in [-0.2, 0) is 0 Å². The van der Waals surface area contributed by atoms with Crippen LogP contribution >= 0.6 is 0 Å². The van der Waals surface area contributed by atoms with Gasteiger partial charge in [-0.3, -0.25) is 10.1 Å². The molecule has 5 heteroatoms. The summed E-state index contributed by atoms with van der Waals surface area (Å²) in [4.78, 5) is 17.3. The lowest BCUT2D eigenvalue weighted by Gasteiger charge is -2.30. The zero-order chi connectivity index (χ0) is 14.7. The van der Waals surface area contributed by atoms with Crippen LogP contribution in [0.2, 0.25) is 0 Å². The Morgan fingerprint density at radius 1 is 1.55 bits per heavy atom. The molecule has 5 nitrogen and oxygen atoms in total. The smallest absolute Gasteiger partial charge is 0.290 e. The SMILES string of the molecule is CCCC(C)C1CCCN1c1ccc([N+](=O)[O-])c(C)n1. The first kappa shape index (κ1) is 14.8. The van der Waals surface area contributed by atoms with Crippen molar-refractivity contribution in [1.82, 2.24) is 4.98 Å². The second-order valence-electron chi connectivity index (χ2n) is 5.70. The molecule has 0 N–H and O–H groups in total. The van der Waals surface area contributed by atoms with Crippen LogP contribution in [0.1, 0.15) is 45.2 Å². The van der Waals surface area contributed by atoms with Crippen LogP contribution in [-0.4, -0.2) is 22.5 Å². The maximum atomic E-state index is 10.9. The van der Waals surface area contributed by atoms with Crippen molar-refractivity contribution in [2.45, 2.75) is 52.5 Å². The molecule has 2 atom stereocenters. The van der Waals surface area contributed by atoms with Crippen molar-refractivity contribution in [2.24, 2.45) is 5.92 Å². The molecule has 1 aliphatic rings. The van der Waals surface area contributed by atoms with Gasteiger partial charge in [0.1, 0.15) is 11.5 Å². The van der Waals surface area contributed by atoms with Gasteiger partial charge in [0.2, 0.25) is 0 Å². The number of nitro groups is 1. The number of hydrogen-bond acceptors (Lipinski definition) is 4. The predicted octanol–water partition coefficient (Wildman–Crippen LogP) is 3.70. The summed E-state index contributed by atoms with van der Waals surface area (Å²) in [7, 11) is 0. The average Bonchev–Trinajstić information content (AvgIpc) is 2.87. The van der Waals surface area contributed by atoms with E-state index in [4.69, 9.17) is 0 Å². The van der Waals surface area contributed by atoms with Crippen molar-refractivity contribution in [3.8, 4) is 0 Å². The highest BCUT2D eigenvalue weighted by molar-refractivity contribution is 5.48. The number of aryl methyl sites for hydroxylation is 1. The van der Waals surface area contributed by atoms with Crippen LogP contribution in [0.25, 0.3) is 0 Å². The zero-order valence-corrected chi connectivity index (χ0v) is 12.5. The third-order valence-electron chi connectivity index (χ3n) is 4.23. The van der Waals surface area contributed by atoms with Gasteiger partial charge in [-0.2, -0.15) is 0 Å².